The van der Waals surface area contributed by atoms with Crippen LogP contribution in [0.1, 0.15) is 16.7 Å². The number of rotatable bonds is 6. The molecule has 0 aliphatic rings. The van der Waals surface area contributed by atoms with Crippen molar-refractivity contribution in [3.63, 3.8) is 0 Å². The molecular formula is C19H19FN4O2S. The summed E-state index contributed by atoms with van der Waals surface area (Å²) in [5.74, 6) is 0.313. The molecule has 0 bridgehead atoms. The van der Waals surface area contributed by atoms with Gasteiger partial charge in [-0.15, -0.1) is 10.2 Å². The minimum absolute atomic E-state index is 0.126. The van der Waals surface area contributed by atoms with E-state index in [4.69, 9.17) is 0 Å². The smallest absolute Gasteiger partial charge is 0.263 e. The predicted octanol–water partition coefficient (Wildman–Crippen LogP) is 3.65. The maximum atomic E-state index is 12.9. The number of halogens is 1. The zero-order chi connectivity index (χ0) is 19.4. The van der Waals surface area contributed by atoms with Crippen LogP contribution in [0, 0.1) is 19.7 Å². The van der Waals surface area contributed by atoms with Crippen LogP contribution in [-0.4, -0.2) is 18.6 Å². The second kappa shape index (κ2) is 7.71. The molecular weight excluding hydrogens is 367 g/mol. The Labute approximate surface area is 157 Å². The van der Waals surface area contributed by atoms with E-state index in [2.05, 4.69) is 20.2 Å². The molecule has 1 heterocycles. The maximum Gasteiger partial charge on any atom is 0.263 e. The normalized spacial score (nSPS) is 11.2. The third kappa shape index (κ3) is 4.79. The van der Waals surface area contributed by atoms with Crippen LogP contribution in [0.5, 0.6) is 0 Å². The third-order valence-electron chi connectivity index (χ3n) is 4.08. The highest BCUT2D eigenvalue weighted by Gasteiger charge is 2.15. The number of nitrogens with one attached hydrogen (secondary N) is 2. The first-order valence-corrected chi connectivity index (χ1v) is 9.74. The van der Waals surface area contributed by atoms with E-state index in [-0.39, 0.29) is 16.5 Å². The number of hydrogen-bond acceptors (Lipinski definition) is 5. The van der Waals surface area contributed by atoms with E-state index >= 15 is 0 Å². The summed E-state index contributed by atoms with van der Waals surface area (Å²) in [5, 5.41) is 10.9. The molecule has 0 saturated heterocycles. The van der Waals surface area contributed by atoms with Crippen molar-refractivity contribution in [1.82, 2.24) is 10.2 Å². The lowest BCUT2D eigenvalue weighted by atomic mass is 10.1. The molecule has 0 aliphatic carbocycles. The van der Waals surface area contributed by atoms with Gasteiger partial charge >= 0.3 is 0 Å². The Balaban J connectivity index is 1.66. The predicted molar refractivity (Wildman–Crippen MR) is 102 cm³/mol. The summed E-state index contributed by atoms with van der Waals surface area (Å²) >= 11 is 0. The molecule has 1 aromatic heterocycles. The average molecular weight is 386 g/mol. The molecule has 140 valence electrons. The molecule has 27 heavy (non-hydrogen) atoms. The van der Waals surface area contributed by atoms with Crippen molar-refractivity contribution >= 4 is 21.7 Å². The van der Waals surface area contributed by atoms with Crippen molar-refractivity contribution in [2.45, 2.75) is 25.3 Å². The van der Waals surface area contributed by atoms with Gasteiger partial charge in [0.2, 0.25) is 0 Å². The van der Waals surface area contributed by atoms with Crippen LogP contribution in [0.2, 0.25) is 0 Å². The second-order valence-corrected chi connectivity index (χ2v) is 7.82. The Kier molecular flexibility index (Phi) is 5.36. The zero-order valence-corrected chi connectivity index (χ0v) is 15.7. The van der Waals surface area contributed by atoms with Gasteiger partial charge in [0.05, 0.1) is 4.90 Å². The fourth-order valence-corrected chi connectivity index (χ4v) is 3.43. The molecule has 6 nitrogen and oxygen atoms in total. The summed E-state index contributed by atoms with van der Waals surface area (Å²) in [7, 11) is -3.73. The van der Waals surface area contributed by atoms with Crippen LogP contribution in [0.25, 0.3) is 0 Å². The fraction of sp³-hybridized carbons (Fsp3) is 0.158. The minimum atomic E-state index is -3.73. The number of aromatic nitrogens is 2. The Morgan fingerprint density at radius 3 is 2.19 bits per heavy atom. The van der Waals surface area contributed by atoms with Gasteiger partial charge in [0, 0.05) is 6.54 Å². The van der Waals surface area contributed by atoms with Gasteiger partial charge in [0.1, 0.15) is 11.6 Å². The molecule has 3 aromatic rings. The van der Waals surface area contributed by atoms with Crippen molar-refractivity contribution in [3.8, 4) is 0 Å². The quantitative estimate of drug-likeness (QED) is 0.676. The molecule has 8 heteroatoms. The van der Waals surface area contributed by atoms with Crippen LogP contribution in [0.4, 0.5) is 16.0 Å². The summed E-state index contributed by atoms with van der Waals surface area (Å²) in [6.45, 7) is 4.22. The molecule has 0 fully saturated rings. The van der Waals surface area contributed by atoms with Crippen molar-refractivity contribution in [2.24, 2.45) is 0 Å². The molecule has 0 unspecified atom stereocenters. The first-order chi connectivity index (χ1) is 12.8. The highest BCUT2D eigenvalue weighted by Crippen LogP contribution is 2.18. The third-order valence-corrected chi connectivity index (χ3v) is 5.43. The van der Waals surface area contributed by atoms with Crippen molar-refractivity contribution in [2.75, 3.05) is 10.0 Å². The number of anilines is 2. The Morgan fingerprint density at radius 2 is 1.56 bits per heavy atom. The van der Waals surface area contributed by atoms with E-state index in [1.165, 1.54) is 18.2 Å². The largest absolute Gasteiger partial charge is 0.365 e. The van der Waals surface area contributed by atoms with Crippen molar-refractivity contribution < 1.29 is 12.8 Å². The van der Waals surface area contributed by atoms with Crippen LogP contribution in [0.15, 0.2) is 59.5 Å². The first-order valence-electron chi connectivity index (χ1n) is 8.25. The van der Waals surface area contributed by atoms with Crippen LogP contribution in [0.3, 0.4) is 0 Å². The highest BCUT2D eigenvalue weighted by molar-refractivity contribution is 7.92. The molecule has 0 atom stereocenters. The molecule has 0 spiro atoms. The number of aryl methyl sites for hydroxylation is 2. The molecule has 3 rings (SSSR count). The molecule has 0 aliphatic heterocycles. The maximum absolute atomic E-state index is 12.9. The molecule has 0 saturated carbocycles. The Bertz CT molecular complexity index is 1040. The number of hydrogen-bond donors (Lipinski definition) is 2. The van der Waals surface area contributed by atoms with Gasteiger partial charge in [0.25, 0.3) is 10.0 Å². The van der Waals surface area contributed by atoms with E-state index in [1.54, 1.807) is 36.4 Å². The summed E-state index contributed by atoms with van der Waals surface area (Å²) in [6.07, 6.45) is 0. The summed E-state index contributed by atoms with van der Waals surface area (Å²) in [5.41, 5.74) is 2.80. The lowest BCUT2D eigenvalue weighted by Gasteiger charge is -2.09. The lowest BCUT2D eigenvalue weighted by Crippen LogP contribution is -2.15. The first kappa shape index (κ1) is 18.8. The summed E-state index contributed by atoms with van der Waals surface area (Å²) in [6, 6.07) is 14.2. The van der Waals surface area contributed by atoms with Crippen LogP contribution < -0.4 is 10.0 Å². The molecule has 2 N–H and O–H groups in total. The second-order valence-electron chi connectivity index (χ2n) is 6.14. The summed E-state index contributed by atoms with van der Waals surface area (Å²) in [4.78, 5) is 0.172. The topological polar surface area (TPSA) is 84.0 Å². The van der Waals surface area contributed by atoms with Gasteiger partial charge in [-0.05, 0) is 66.9 Å². The lowest BCUT2D eigenvalue weighted by molar-refractivity contribution is 0.600. The number of benzene rings is 2. The van der Waals surface area contributed by atoms with E-state index in [0.717, 1.165) is 16.7 Å². The standard InChI is InChI=1S/C19H19FN4O2S/c1-13-3-8-17(11-14(13)2)27(25,26)24-19-10-9-18(22-23-19)21-12-15-4-6-16(20)7-5-15/h3-11H,12H2,1-2H3,(H,21,22)(H,23,24). The van der Waals surface area contributed by atoms with Crippen LogP contribution >= 0.6 is 0 Å². The van der Waals surface area contributed by atoms with E-state index in [1.807, 2.05) is 13.8 Å². The van der Waals surface area contributed by atoms with Crippen LogP contribution in [-0.2, 0) is 16.6 Å². The van der Waals surface area contributed by atoms with Crippen molar-refractivity contribution in [1.29, 1.82) is 0 Å². The molecule has 0 amide bonds. The van der Waals surface area contributed by atoms with Gasteiger partial charge in [-0.25, -0.2) is 12.8 Å². The van der Waals surface area contributed by atoms with Gasteiger partial charge in [0.15, 0.2) is 5.82 Å². The Hall–Kier alpha value is -3.00. The van der Waals surface area contributed by atoms with Gasteiger partial charge in [-0.1, -0.05) is 18.2 Å². The zero-order valence-electron chi connectivity index (χ0n) is 14.9. The monoisotopic (exact) mass is 386 g/mol. The van der Waals surface area contributed by atoms with E-state index in [0.29, 0.717) is 12.4 Å². The van der Waals surface area contributed by atoms with Crippen molar-refractivity contribution in [3.05, 3.63) is 77.1 Å². The average Bonchev–Trinajstić information content (AvgIpc) is 2.64. The molecule has 2 aromatic carbocycles. The summed E-state index contributed by atoms with van der Waals surface area (Å²) < 4.78 is 40.2. The number of nitrogens with zero attached hydrogens (tertiary/aromatic N) is 2. The van der Waals surface area contributed by atoms with E-state index in [9.17, 15) is 12.8 Å². The van der Waals surface area contributed by atoms with Gasteiger partial charge < -0.3 is 5.32 Å². The molecule has 0 radical (unpaired) electrons. The van der Waals surface area contributed by atoms with Gasteiger partial charge in [-0.3, -0.25) is 4.72 Å². The Morgan fingerprint density at radius 1 is 0.889 bits per heavy atom. The SMILES string of the molecule is Cc1ccc(S(=O)(=O)Nc2ccc(NCc3ccc(F)cc3)nn2)cc1C. The fourth-order valence-electron chi connectivity index (χ4n) is 2.35. The minimum Gasteiger partial charge on any atom is -0.365 e. The van der Waals surface area contributed by atoms with Gasteiger partial charge in [-0.2, -0.15) is 0 Å². The number of sulfonamides is 1. The highest BCUT2D eigenvalue weighted by atomic mass is 32.2. The van der Waals surface area contributed by atoms with E-state index < -0.39 is 10.0 Å².